The summed E-state index contributed by atoms with van der Waals surface area (Å²) in [5.41, 5.74) is 1.59. The lowest BCUT2D eigenvalue weighted by atomic mass is 10.2. The molecule has 2 aromatic carbocycles. The molecule has 27 heavy (non-hydrogen) atoms. The van der Waals surface area contributed by atoms with Crippen LogP contribution in [0.15, 0.2) is 52.0 Å². The number of halogens is 1. The average Bonchev–Trinajstić information content (AvgIpc) is 3.01. The fourth-order valence-corrected chi connectivity index (χ4v) is 2.99. The Balaban J connectivity index is 1.96. The van der Waals surface area contributed by atoms with Crippen LogP contribution in [-0.2, 0) is 4.79 Å². The summed E-state index contributed by atoms with van der Waals surface area (Å²) in [4.78, 5) is 11.2. The lowest BCUT2D eigenvalue weighted by Crippen LogP contribution is -2.03. The fraction of sp³-hybridized carbons (Fsp3) is 0.111. The van der Waals surface area contributed by atoms with Crippen LogP contribution in [0, 0.1) is 4.77 Å². The quantitative estimate of drug-likeness (QED) is 0.275. The molecule has 138 valence electrons. The highest BCUT2D eigenvalue weighted by molar-refractivity contribution is 9.10. The number of H-pyrrole nitrogens is 1. The first-order valence-electron chi connectivity index (χ1n) is 7.82. The van der Waals surface area contributed by atoms with E-state index < -0.39 is 5.97 Å². The molecule has 0 aliphatic heterocycles. The van der Waals surface area contributed by atoms with Crippen molar-refractivity contribution in [2.24, 2.45) is 5.10 Å². The summed E-state index contributed by atoms with van der Waals surface area (Å²) in [6.07, 6.45) is 1.62. The van der Waals surface area contributed by atoms with E-state index in [-0.39, 0.29) is 0 Å². The molecule has 0 bridgehead atoms. The molecule has 1 aromatic heterocycles. The molecule has 1 N–H and O–H groups in total. The van der Waals surface area contributed by atoms with Gasteiger partial charge in [-0.05, 0) is 48.1 Å². The molecule has 0 fully saturated rings. The molecular weight excluding hydrogens is 432 g/mol. The van der Waals surface area contributed by atoms with Gasteiger partial charge in [-0.1, -0.05) is 28.1 Å². The fourth-order valence-electron chi connectivity index (χ4n) is 2.34. The molecule has 0 aliphatic carbocycles. The van der Waals surface area contributed by atoms with Crippen molar-refractivity contribution in [2.45, 2.75) is 6.92 Å². The number of nitrogens with one attached hydrogen (secondary N) is 1. The Kier molecular flexibility index (Phi) is 5.82. The van der Waals surface area contributed by atoms with Crippen LogP contribution in [0.3, 0.4) is 0 Å². The second kappa shape index (κ2) is 8.28. The maximum absolute atomic E-state index is 11.2. The summed E-state index contributed by atoms with van der Waals surface area (Å²) in [5.74, 6) is 0.927. The monoisotopic (exact) mass is 446 g/mol. The lowest BCUT2D eigenvalue weighted by Gasteiger charge is -2.08. The van der Waals surface area contributed by atoms with E-state index in [1.165, 1.54) is 18.7 Å². The number of carbonyl (C=O) groups excluding carboxylic acids is 1. The minimum Gasteiger partial charge on any atom is -0.493 e. The Morgan fingerprint density at radius 2 is 2.07 bits per heavy atom. The van der Waals surface area contributed by atoms with Crippen LogP contribution in [0.25, 0.3) is 11.4 Å². The molecule has 0 radical (unpaired) electrons. The Morgan fingerprint density at radius 3 is 2.78 bits per heavy atom. The van der Waals surface area contributed by atoms with Gasteiger partial charge in [-0.3, -0.25) is 4.79 Å². The number of hydrogen-bond donors (Lipinski definition) is 1. The summed E-state index contributed by atoms with van der Waals surface area (Å²) in [7, 11) is 1.50. The molecule has 0 saturated heterocycles. The normalized spacial score (nSPS) is 10.9. The third kappa shape index (κ3) is 4.32. The SMILES string of the molecule is COc1cc(/C=N\n2c(-c3ccccc3Br)n[nH]c2=S)ccc1OC(C)=O. The van der Waals surface area contributed by atoms with Crippen LogP contribution in [0.5, 0.6) is 11.5 Å². The molecule has 0 aliphatic rings. The number of methoxy groups -OCH3 is 1. The van der Waals surface area contributed by atoms with Crippen LogP contribution < -0.4 is 9.47 Å². The molecule has 7 nitrogen and oxygen atoms in total. The minimum absolute atomic E-state index is 0.343. The zero-order chi connectivity index (χ0) is 19.4. The molecule has 0 spiro atoms. The van der Waals surface area contributed by atoms with Gasteiger partial charge in [-0.25, -0.2) is 5.10 Å². The number of ether oxygens (including phenoxy) is 2. The van der Waals surface area contributed by atoms with Crippen molar-refractivity contribution in [3.63, 3.8) is 0 Å². The van der Waals surface area contributed by atoms with Gasteiger partial charge in [0.05, 0.1) is 13.3 Å². The maximum Gasteiger partial charge on any atom is 0.308 e. The van der Waals surface area contributed by atoms with E-state index in [9.17, 15) is 4.79 Å². The summed E-state index contributed by atoms with van der Waals surface area (Å²) in [6.45, 7) is 1.33. The Hall–Kier alpha value is -2.78. The summed E-state index contributed by atoms with van der Waals surface area (Å²) >= 11 is 8.79. The predicted octanol–water partition coefficient (Wildman–Crippen LogP) is 4.19. The summed E-state index contributed by atoms with van der Waals surface area (Å²) < 4.78 is 13.1. The highest BCUT2D eigenvalue weighted by Gasteiger charge is 2.11. The number of benzene rings is 2. The molecule has 9 heteroatoms. The van der Waals surface area contributed by atoms with Crippen LogP contribution in [0.1, 0.15) is 12.5 Å². The van der Waals surface area contributed by atoms with Crippen LogP contribution >= 0.6 is 28.1 Å². The van der Waals surface area contributed by atoms with E-state index in [0.29, 0.717) is 22.1 Å². The standard InChI is InChI=1S/C18H15BrN4O3S/c1-11(24)26-15-8-7-12(9-16(15)25-2)10-20-23-17(21-22-18(23)27)13-5-3-4-6-14(13)19/h3-10H,1-2H3,(H,22,27)/b20-10-. The third-order valence-corrected chi connectivity index (χ3v) is 4.48. The van der Waals surface area contributed by atoms with Crippen molar-refractivity contribution in [2.75, 3.05) is 7.11 Å². The molecule has 0 saturated carbocycles. The first kappa shape index (κ1) is 19.0. The Labute approximate surface area is 168 Å². The van der Waals surface area contributed by atoms with Crippen LogP contribution in [-0.4, -0.2) is 34.2 Å². The summed E-state index contributed by atoms with van der Waals surface area (Å²) in [6, 6.07) is 12.8. The molecule has 1 heterocycles. The second-order valence-electron chi connectivity index (χ2n) is 5.39. The van der Waals surface area contributed by atoms with E-state index >= 15 is 0 Å². The van der Waals surface area contributed by atoms with Crippen molar-refractivity contribution >= 4 is 40.3 Å². The van der Waals surface area contributed by atoms with Gasteiger partial charge in [0, 0.05) is 17.0 Å². The topological polar surface area (TPSA) is 81.5 Å². The number of rotatable bonds is 5. The van der Waals surface area contributed by atoms with Crippen molar-refractivity contribution in [3.8, 4) is 22.9 Å². The van der Waals surface area contributed by atoms with Crippen molar-refractivity contribution in [3.05, 3.63) is 57.3 Å². The van der Waals surface area contributed by atoms with Gasteiger partial charge in [0.25, 0.3) is 0 Å². The van der Waals surface area contributed by atoms with Gasteiger partial charge < -0.3 is 9.47 Å². The largest absolute Gasteiger partial charge is 0.493 e. The number of esters is 1. The number of carbonyl (C=O) groups is 1. The molecule has 3 aromatic rings. The molecule has 0 amide bonds. The number of aromatic nitrogens is 3. The van der Waals surface area contributed by atoms with Crippen molar-refractivity contribution < 1.29 is 14.3 Å². The van der Waals surface area contributed by atoms with E-state index in [2.05, 4.69) is 31.2 Å². The predicted molar refractivity (Wildman–Crippen MR) is 108 cm³/mol. The zero-order valence-corrected chi connectivity index (χ0v) is 16.9. The van der Waals surface area contributed by atoms with Crippen LogP contribution in [0.4, 0.5) is 0 Å². The maximum atomic E-state index is 11.2. The van der Waals surface area contributed by atoms with Gasteiger partial charge in [-0.15, -0.1) is 0 Å². The zero-order valence-electron chi connectivity index (χ0n) is 14.5. The van der Waals surface area contributed by atoms with Gasteiger partial charge in [0.15, 0.2) is 17.3 Å². The smallest absolute Gasteiger partial charge is 0.308 e. The highest BCUT2D eigenvalue weighted by Crippen LogP contribution is 2.28. The van der Waals surface area contributed by atoms with E-state index in [4.69, 9.17) is 21.7 Å². The first-order chi connectivity index (χ1) is 13.0. The average molecular weight is 447 g/mol. The molecule has 0 unspecified atom stereocenters. The van der Waals surface area contributed by atoms with Gasteiger partial charge in [0.1, 0.15) is 0 Å². The molecule has 3 rings (SSSR count). The number of aromatic amines is 1. The van der Waals surface area contributed by atoms with E-state index in [0.717, 1.165) is 15.6 Å². The van der Waals surface area contributed by atoms with Gasteiger partial charge in [0.2, 0.25) is 4.77 Å². The van der Waals surface area contributed by atoms with E-state index in [1.807, 2.05) is 24.3 Å². The first-order valence-corrected chi connectivity index (χ1v) is 9.03. The Bertz CT molecular complexity index is 1070. The lowest BCUT2D eigenvalue weighted by molar-refractivity contribution is -0.132. The van der Waals surface area contributed by atoms with Gasteiger partial charge in [-0.2, -0.15) is 14.9 Å². The third-order valence-electron chi connectivity index (χ3n) is 3.53. The second-order valence-corrected chi connectivity index (χ2v) is 6.63. The van der Waals surface area contributed by atoms with Crippen LogP contribution in [0.2, 0.25) is 0 Å². The Morgan fingerprint density at radius 1 is 1.30 bits per heavy atom. The molecule has 0 atom stereocenters. The number of hydrogen-bond acceptors (Lipinski definition) is 6. The summed E-state index contributed by atoms with van der Waals surface area (Å²) in [5, 5.41) is 11.4. The van der Waals surface area contributed by atoms with Crippen molar-refractivity contribution in [1.29, 1.82) is 0 Å². The molecular formula is C18H15BrN4O3S. The van der Waals surface area contributed by atoms with E-state index in [1.54, 1.807) is 24.4 Å². The van der Waals surface area contributed by atoms with Crippen molar-refractivity contribution in [1.82, 2.24) is 14.9 Å². The highest BCUT2D eigenvalue weighted by atomic mass is 79.9. The number of nitrogens with zero attached hydrogens (tertiary/aromatic N) is 3. The van der Waals surface area contributed by atoms with Gasteiger partial charge >= 0.3 is 5.97 Å². The minimum atomic E-state index is -0.419.